The van der Waals surface area contributed by atoms with E-state index in [2.05, 4.69) is 30.5 Å². The van der Waals surface area contributed by atoms with Crippen LogP contribution in [0.3, 0.4) is 0 Å². The van der Waals surface area contributed by atoms with Crippen LogP contribution in [-0.2, 0) is 0 Å². The molecule has 1 N–H and O–H groups in total. The quantitative estimate of drug-likeness (QED) is 0.773. The second kappa shape index (κ2) is 6.17. The zero-order valence-corrected chi connectivity index (χ0v) is 10.7. The van der Waals surface area contributed by atoms with Crippen molar-refractivity contribution < 1.29 is 0 Å². The first-order chi connectivity index (χ1) is 7.17. The van der Waals surface area contributed by atoms with Crippen LogP contribution in [0.5, 0.6) is 0 Å². The molecule has 0 aliphatic rings. The lowest BCUT2D eigenvalue weighted by Crippen LogP contribution is -2.30. The van der Waals surface area contributed by atoms with Crippen molar-refractivity contribution in [2.24, 2.45) is 0 Å². The van der Waals surface area contributed by atoms with E-state index in [1.54, 1.807) is 11.3 Å². The molecule has 1 nitrogen and oxygen atoms in total. The molecule has 0 aliphatic heterocycles. The van der Waals surface area contributed by atoms with Gasteiger partial charge in [0.15, 0.2) is 0 Å². The molecule has 1 rings (SSSR count). The van der Waals surface area contributed by atoms with Gasteiger partial charge in [0.25, 0.3) is 0 Å². The molecule has 3 heteroatoms. The zero-order chi connectivity index (χ0) is 11.3. The maximum Gasteiger partial charge on any atom is 0.0931 e. The summed E-state index contributed by atoms with van der Waals surface area (Å²) in [6.45, 7) is 4.28. The average Bonchev–Trinajstić information content (AvgIpc) is 2.64. The summed E-state index contributed by atoms with van der Waals surface area (Å²) in [7, 11) is 0. The van der Waals surface area contributed by atoms with Gasteiger partial charge in [-0.15, -0.1) is 23.7 Å². The average molecular weight is 242 g/mol. The highest BCUT2D eigenvalue weighted by Gasteiger charge is 2.11. The highest BCUT2D eigenvalue weighted by Crippen LogP contribution is 2.25. The van der Waals surface area contributed by atoms with Crippen LogP contribution >= 0.6 is 22.9 Å². The first-order valence-electron chi connectivity index (χ1n) is 5.10. The Morgan fingerprint density at radius 3 is 2.87 bits per heavy atom. The minimum atomic E-state index is 0.312. The highest BCUT2D eigenvalue weighted by molar-refractivity contribution is 7.14. The van der Waals surface area contributed by atoms with E-state index in [4.69, 9.17) is 18.0 Å². The normalized spacial score (nSPS) is 14.5. The van der Waals surface area contributed by atoms with Crippen LogP contribution in [0.25, 0.3) is 0 Å². The molecule has 2 unspecified atom stereocenters. The van der Waals surface area contributed by atoms with Crippen molar-refractivity contribution in [2.45, 2.75) is 38.8 Å². The predicted octanol–water partition coefficient (Wildman–Crippen LogP) is 3.85. The summed E-state index contributed by atoms with van der Waals surface area (Å²) in [5, 5.41) is 5.59. The lowest BCUT2D eigenvalue weighted by atomic mass is 10.1. The molecule has 1 aromatic rings. The molecule has 0 fully saturated rings. The first kappa shape index (κ1) is 12.6. The van der Waals surface area contributed by atoms with Gasteiger partial charge in [0, 0.05) is 18.5 Å². The van der Waals surface area contributed by atoms with Crippen LogP contribution in [-0.4, -0.2) is 6.04 Å². The molecule has 0 radical (unpaired) electrons. The summed E-state index contributed by atoms with van der Waals surface area (Å²) >= 11 is 7.46. The fourth-order valence-corrected chi connectivity index (χ4v) is 2.45. The Hall–Kier alpha value is -0.490. The minimum absolute atomic E-state index is 0.312. The molecule has 1 aromatic heterocycles. The van der Waals surface area contributed by atoms with Crippen LogP contribution < -0.4 is 5.32 Å². The Balaban J connectivity index is 2.54. The molecule has 0 aromatic carbocycles. The Morgan fingerprint density at radius 1 is 1.67 bits per heavy atom. The highest BCUT2D eigenvalue weighted by atomic mass is 35.5. The van der Waals surface area contributed by atoms with E-state index in [9.17, 15) is 0 Å². The Kier molecular flexibility index (Phi) is 5.17. The summed E-state index contributed by atoms with van der Waals surface area (Å²) in [4.78, 5) is 0. The van der Waals surface area contributed by atoms with Crippen LogP contribution in [0, 0.1) is 12.3 Å². The third-order valence-electron chi connectivity index (χ3n) is 2.43. The van der Waals surface area contributed by atoms with Crippen LogP contribution in [0.4, 0.5) is 0 Å². The van der Waals surface area contributed by atoms with Crippen molar-refractivity contribution in [1.82, 2.24) is 5.32 Å². The lowest BCUT2D eigenvalue weighted by molar-refractivity contribution is 0.450. The monoisotopic (exact) mass is 241 g/mol. The number of halogens is 1. The van der Waals surface area contributed by atoms with Gasteiger partial charge >= 0.3 is 0 Å². The van der Waals surface area contributed by atoms with Gasteiger partial charge in [-0.2, -0.15) is 0 Å². The molecule has 0 amide bonds. The fraction of sp³-hybridized carbons (Fsp3) is 0.500. The van der Waals surface area contributed by atoms with Crippen molar-refractivity contribution in [3.8, 4) is 12.3 Å². The maximum absolute atomic E-state index is 5.89. The Labute approximate surface area is 101 Å². The van der Waals surface area contributed by atoms with E-state index in [1.165, 1.54) is 5.56 Å². The van der Waals surface area contributed by atoms with Crippen molar-refractivity contribution in [3.05, 3.63) is 21.3 Å². The molecule has 2 atom stereocenters. The van der Waals surface area contributed by atoms with Crippen LogP contribution in [0.15, 0.2) is 11.4 Å². The molecule has 15 heavy (non-hydrogen) atoms. The Morgan fingerprint density at radius 2 is 2.40 bits per heavy atom. The standard InChI is InChI=1S/C12H16ClNS/c1-4-6-11(5-2)14-9(3)10-7-12(13)15-8-10/h1,7-9,11,14H,5-6H2,2-3H3. The van der Waals surface area contributed by atoms with Crippen molar-refractivity contribution in [3.63, 3.8) is 0 Å². The van der Waals surface area contributed by atoms with Crippen LogP contribution in [0.1, 0.15) is 38.3 Å². The summed E-state index contributed by atoms with van der Waals surface area (Å²) in [5.41, 5.74) is 1.24. The van der Waals surface area contributed by atoms with Gasteiger partial charge in [0.05, 0.1) is 4.34 Å². The molecule has 0 bridgehead atoms. The maximum atomic E-state index is 5.89. The van der Waals surface area contributed by atoms with E-state index in [-0.39, 0.29) is 0 Å². The van der Waals surface area contributed by atoms with Crippen LogP contribution in [0.2, 0.25) is 4.34 Å². The van der Waals surface area contributed by atoms with E-state index in [1.807, 2.05) is 6.07 Å². The molecule has 0 saturated heterocycles. The number of rotatable bonds is 5. The molecule has 1 heterocycles. The number of hydrogen-bond acceptors (Lipinski definition) is 2. The van der Waals surface area contributed by atoms with Gasteiger partial charge in [0.1, 0.15) is 0 Å². The third kappa shape index (κ3) is 3.87. The van der Waals surface area contributed by atoms with Crippen molar-refractivity contribution >= 4 is 22.9 Å². The molecule has 0 spiro atoms. The largest absolute Gasteiger partial charge is 0.306 e. The first-order valence-corrected chi connectivity index (χ1v) is 6.36. The van der Waals surface area contributed by atoms with Gasteiger partial charge < -0.3 is 5.32 Å². The van der Waals surface area contributed by atoms with Gasteiger partial charge in [-0.1, -0.05) is 18.5 Å². The zero-order valence-electron chi connectivity index (χ0n) is 9.09. The van der Waals surface area contributed by atoms with Gasteiger partial charge in [-0.25, -0.2) is 0 Å². The van der Waals surface area contributed by atoms with Gasteiger partial charge in [0.2, 0.25) is 0 Å². The van der Waals surface area contributed by atoms with E-state index < -0.39 is 0 Å². The lowest BCUT2D eigenvalue weighted by Gasteiger charge is -2.19. The number of hydrogen-bond donors (Lipinski definition) is 1. The summed E-state index contributed by atoms with van der Waals surface area (Å²) < 4.78 is 0.837. The number of terminal acetylenes is 1. The topological polar surface area (TPSA) is 12.0 Å². The Bertz CT molecular complexity index is 340. The minimum Gasteiger partial charge on any atom is -0.306 e. The predicted molar refractivity (Wildman–Crippen MR) is 68.4 cm³/mol. The number of thiophene rings is 1. The number of nitrogens with one attached hydrogen (secondary N) is 1. The summed E-state index contributed by atoms with van der Waals surface area (Å²) in [6, 6.07) is 2.71. The van der Waals surface area contributed by atoms with E-state index >= 15 is 0 Å². The summed E-state index contributed by atoms with van der Waals surface area (Å²) in [6.07, 6.45) is 7.14. The smallest absolute Gasteiger partial charge is 0.0931 e. The molecule has 82 valence electrons. The molecular formula is C12H16ClNS. The second-order valence-electron chi connectivity index (χ2n) is 3.59. The van der Waals surface area contributed by atoms with E-state index in [0.29, 0.717) is 12.1 Å². The third-order valence-corrected chi connectivity index (χ3v) is 3.54. The molecule has 0 aliphatic carbocycles. The molecule has 0 saturated carbocycles. The van der Waals surface area contributed by atoms with Gasteiger partial charge in [-0.05, 0) is 30.4 Å². The fourth-order valence-electron chi connectivity index (χ4n) is 1.46. The molecular weight excluding hydrogens is 226 g/mol. The summed E-state index contributed by atoms with van der Waals surface area (Å²) in [5.74, 6) is 2.69. The van der Waals surface area contributed by atoms with Gasteiger partial charge in [-0.3, -0.25) is 0 Å². The van der Waals surface area contributed by atoms with Crippen molar-refractivity contribution in [1.29, 1.82) is 0 Å². The van der Waals surface area contributed by atoms with E-state index in [0.717, 1.165) is 17.2 Å². The van der Waals surface area contributed by atoms with Crippen molar-refractivity contribution in [2.75, 3.05) is 0 Å². The SMILES string of the molecule is C#CCC(CC)NC(C)c1csc(Cl)c1. The second-order valence-corrected chi connectivity index (χ2v) is 5.13.